The molecule has 1 unspecified atom stereocenters. The van der Waals surface area contributed by atoms with Crippen LogP contribution in [-0.2, 0) is 4.74 Å². The van der Waals surface area contributed by atoms with Crippen molar-refractivity contribution in [3.63, 3.8) is 0 Å². The van der Waals surface area contributed by atoms with Crippen molar-refractivity contribution in [1.82, 2.24) is 0 Å². The normalized spacial score (nSPS) is 46.5. The molecule has 4 N–H and O–H groups in total. The Hall–Kier alpha value is -0.200. The average Bonchev–Trinajstić information content (AvgIpc) is 2.40. The van der Waals surface area contributed by atoms with Gasteiger partial charge in [0.15, 0.2) is 5.79 Å². The molecule has 4 atom stereocenters. The van der Waals surface area contributed by atoms with E-state index in [0.717, 1.165) is 0 Å². The first-order chi connectivity index (χ1) is 6.55. The van der Waals surface area contributed by atoms with E-state index < -0.39 is 30.7 Å². The summed E-state index contributed by atoms with van der Waals surface area (Å²) in [5.74, 6) is -1.83. The fourth-order valence-corrected chi connectivity index (χ4v) is 1.48. The topological polar surface area (TPSA) is 90.2 Å². The van der Waals surface area contributed by atoms with Crippen molar-refractivity contribution in [3.05, 3.63) is 0 Å². The molecule has 0 saturated carbocycles. The number of aliphatic hydroxyl groups is 4. The maximum atomic E-state index is 9.74. The molecule has 1 aliphatic heterocycles. The molecule has 0 aromatic rings. The highest BCUT2D eigenvalue weighted by atomic mass is 16.7. The van der Waals surface area contributed by atoms with Crippen molar-refractivity contribution in [1.29, 1.82) is 0 Å². The maximum Gasteiger partial charge on any atom is 0.195 e. The number of hydrogen-bond acceptors (Lipinski definition) is 5. The van der Waals surface area contributed by atoms with Crippen LogP contribution in [0.4, 0.5) is 0 Å². The van der Waals surface area contributed by atoms with E-state index in [1.165, 1.54) is 0 Å². The van der Waals surface area contributed by atoms with Crippen LogP contribution < -0.4 is 0 Å². The highest BCUT2D eigenvalue weighted by Gasteiger charge is 2.52. The van der Waals surface area contributed by atoms with Crippen molar-refractivity contribution >= 4 is 0 Å². The lowest BCUT2D eigenvalue weighted by Crippen LogP contribution is -2.42. The van der Waals surface area contributed by atoms with Crippen molar-refractivity contribution < 1.29 is 26.5 Å². The van der Waals surface area contributed by atoms with Gasteiger partial charge in [-0.2, -0.15) is 0 Å². The second-order valence-corrected chi connectivity index (χ2v) is 3.22. The van der Waals surface area contributed by atoms with E-state index in [0.29, 0.717) is 6.42 Å². The Labute approximate surface area is 78.0 Å². The second kappa shape index (κ2) is 3.89. The lowest BCUT2D eigenvalue weighted by Gasteiger charge is -2.25. The summed E-state index contributed by atoms with van der Waals surface area (Å²) < 4.78 is 11.9. The first-order valence-corrected chi connectivity index (χ1v) is 4.21. The predicted octanol–water partition coefficient (Wildman–Crippen LogP) is -1.41. The number of aliphatic hydroxyl groups excluding tert-OH is 3. The summed E-state index contributed by atoms with van der Waals surface area (Å²) in [6, 6.07) is 0. The summed E-state index contributed by atoms with van der Waals surface area (Å²) in [4.78, 5) is 0. The van der Waals surface area contributed by atoms with Gasteiger partial charge in [-0.1, -0.05) is 13.3 Å². The summed E-state index contributed by atoms with van der Waals surface area (Å²) in [7, 11) is 0. The standard InChI is InChI=1S/C8H16O5/c1-2-3-8(12)7(11)6(10)5(4-9)13-8/h5-7,9-12H,2-4H2,1H3/t5-,6-,7-,8?/m1/s1/i1D. The highest BCUT2D eigenvalue weighted by molar-refractivity contribution is 4.94. The molecule has 5 nitrogen and oxygen atoms in total. The molecule has 0 spiro atoms. The molecule has 0 aliphatic carbocycles. The number of ether oxygens (including phenoxy) is 1. The van der Waals surface area contributed by atoms with E-state index in [4.69, 9.17) is 11.2 Å². The molecule has 5 heteroatoms. The third kappa shape index (κ3) is 1.84. The Morgan fingerprint density at radius 3 is 2.69 bits per heavy atom. The molecule has 1 rings (SSSR count). The summed E-state index contributed by atoms with van der Waals surface area (Å²) in [6.07, 6.45) is -3.23. The fourth-order valence-electron chi connectivity index (χ4n) is 1.48. The molecular formula is C8H16O5. The van der Waals surface area contributed by atoms with Crippen LogP contribution in [0.25, 0.3) is 0 Å². The minimum Gasteiger partial charge on any atom is -0.394 e. The minimum absolute atomic E-state index is 0.0746. The van der Waals surface area contributed by atoms with Crippen LogP contribution >= 0.6 is 0 Å². The predicted molar refractivity (Wildman–Crippen MR) is 43.8 cm³/mol. The fraction of sp³-hybridized carbons (Fsp3) is 1.00. The third-order valence-corrected chi connectivity index (χ3v) is 2.24. The largest absolute Gasteiger partial charge is 0.394 e. The molecule has 0 amide bonds. The van der Waals surface area contributed by atoms with E-state index in [1.54, 1.807) is 0 Å². The SMILES string of the molecule is [2H]CCCC1(O)O[C@H](CO)[C@@H](O)[C@H]1O. The molecule has 1 aliphatic rings. The Bertz CT molecular complexity index is 191. The van der Waals surface area contributed by atoms with Crippen LogP contribution in [-0.4, -0.2) is 51.1 Å². The summed E-state index contributed by atoms with van der Waals surface area (Å²) in [5, 5.41) is 37.3. The van der Waals surface area contributed by atoms with E-state index in [9.17, 15) is 15.3 Å². The van der Waals surface area contributed by atoms with Gasteiger partial charge >= 0.3 is 0 Å². The van der Waals surface area contributed by atoms with Gasteiger partial charge in [0.05, 0.1) is 6.61 Å². The molecular weight excluding hydrogens is 176 g/mol. The van der Waals surface area contributed by atoms with Crippen LogP contribution in [0.2, 0.25) is 0 Å². The average molecular weight is 193 g/mol. The third-order valence-electron chi connectivity index (χ3n) is 2.24. The zero-order valence-electron chi connectivity index (χ0n) is 8.26. The van der Waals surface area contributed by atoms with Crippen LogP contribution in [0.15, 0.2) is 0 Å². The summed E-state index contributed by atoms with van der Waals surface area (Å²) in [5.41, 5.74) is 0. The number of hydrogen-bond donors (Lipinski definition) is 4. The van der Waals surface area contributed by atoms with Gasteiger partial charge in [0.25, 0.3) is 0 Å². The molecule has 0 aromatic heterocycles. The first kappa shape index (κ1) is 9.36. The van der Waals surface area contributed by atoms with Crippen molar-refractivity contribution in [2.45, 2.75) is 43.8 Å². The van der Waals surface area contributed by atoms with Crippen LogP contribution in [0.1, 0.15) is 21.1 Å². The zero-order valence-corrected chi connectivity index (χ0v) is 7.26. The van der Waals surface area contributed by atoms with Crippen LogP contribution in [0, 0.1) is 0 Å². The molecule has 78 valence electrons. The maximum absolute atomic E-state index is 9.74. The first-order valence-electron chi connectivity index (χ1n) is 4.92. The monoisotopic (exact) mass is 193 g/mol. The Morgan fingerprint density at radius 1 is 1.54 bits per heavy atom. The van der Waals surface area contributed by atoms with Gasteiger partial charge in [-0.15, -0.1) is 0 Å². The summed E-state index contributed by atoms with van der Waals surface area (Å²) >= 11 is 0. The van der Waals surface area contributed by atoms with Gasteiger partial charge < -0.3 is 25.2 Å². The lowest BCUT2D eigenvalue weighted by molar-refractivity contribution is -0.234. The smallest absolute Gasteiger partial charge is 0.195 e. The molecule has 0 aromatic carbocycles. The summed E-state index contributed by atoms with van der Waals surface area (Å²) in [6.45, 7) is -0.348. The van der Waals surface area contributed by atoms with Gasteiger partial charge in [-0.25, -0.2) is 0 Å². The van der Waals surface area contributed by atoms with Crippen LogP contribution in [0.5, 0.6) is 0 Å². The van der Waals surface area contributed by atoms with Crippen molar-refractivity contribution in [3.8, 4) is 0 Å². The van der Waals surface area contributed by atoms with Gasteiger partial charge in [-0.3, -0.25) is 0 Å². The van der Waals surface area contributed by atoms with Gasteiger partial charge in [0.1, 0.15) is 18.3 Å². The van der Waals surface area contributed by atoms with E-state index >= 15 is 0 Å². The quantitative estimate of drug-likeness (QED) is 0.442. The van der Waals surface area contributed by atoms with E-state index in [1.807, 2.05) is 0 Å². The molecule has 0 bridgehead atoms. The molecule has 1 fully saturated rings. The second-order valence-electron chi connectivity index (χ2n) is 3.22. The van der Waals surface area contributed by atoms with Gasteiger partial charge in [0.2, 0.25) is 0 Å². The Kier molecular flexibility index (Phi) is 2.80. The molecule has 1 heterocycles. The Balaban J connectivity index is 2.61. The molecule has 0 radical (unpaired) electrons. The number of rotatable bonds is 3. The van der Waals surface area contributed by atoms with Gasteiger partial charge in [0, 0.05) is 7.79 Å². The lowest BCUT2D eigenvalue weighted by atomic mass is 10.0. The Morgan fingerprint density at radius 2 is 2.23 bits per heavy atom. The van der Waals surface area contributed by atoms with Crippen molar-refractivity contribution in [2.24, 2.45) is 0 Å². The van der Waals surface area contributed by atoms with Crippen LogP contribution in [0.3, 0.4) is 0 Å². The minimum atomic E-state index is -1.83. The van der Waals surface area contributed by atoms with Gasteiger partial charge in [-0.05, 0) is 0 Å². The molecule has 13 heavy (non-hydrogen) atoms. The highest BCUT2D eigenvalue weighted by Crippen LogP contribution is 2.32. The van der Waals surface area contributed by atoms with E-state index in [2.05, 4.69) is 0 Å². The van der Waals surface area contributed by atoms with Crippen molar-refractivity contribution in [2.75, 3.05) is 6.61 Å². The van der Waals surface area contributed by atoms with E-state index in [-0.39, 0.29) is 13.3 Å². The zero-order chi connectivity index (χ0) is 10.8. The molecule has 1 saturated heterocycles.